The molecule has 4 rings (SSSR count). The molecule has 11 heteroatoms. The van der Waals surface area contributed by atoms with Crippen molar-refractivity contribution in [1.29, 1.82) is 0 Å². The average molecular weight is 551 g/mol. The van der Waals surface area contributed by atoms with Crippen LogP contribution >= 0.6 is 0 Å². The number of phenolic OH excluding ortho intramolecular Hbond substituents is 3. The molecule has 3 N–H and O–H groups in total. The van der Waals surface area contributed by atoms with Gasteiger partial charge < -0.3 is 38.7 Å². The number of hydrogen-bond acceptors (Lipinski definition) is 11. The minimum Gasteiger partial charge on any atom is -0.504 e. The minimum atomic E-state index is -1.07. The number of hydrogen-bond donors (Lipinski definition) is 3. The third-order valence-electron chi connectivity index (χ3n) is 6.30. The van der Waals surface area contributed by atoms with Crippen LogP contribution in [-0.2, 0) is 19.1 Å². The fourth-order valence-corrected chi connectivity index (χ4v) is 4.29. The van der Waals surface area contributed by atoms with Gasteiger partial charge in [0.2, 0.25) is 5.75 Å². The molecular formula is C29H26O11. The van der Waals surface area contributed by atoms with E-state index in [2.05, 4.69) is 4.74 Å². The second-order valence-electron chi connectivity index (χ2n) is 8.61. The Balaban J connectivity index is 1.98. The second kappa shape index (κ2) is 11.7. The standard InChI is InChI=1S/C29H26O11/c1-36-21-11-16(9-10-19(21)39-14-23(32)38-3)17(12-22(31)37-2)24-26(33)28(35)27(34)25-18(30)13-20(40-29(24)25)15-7-5-4-6-8-15/h4-11,13,17,33-35H,12,14H2,1-3H3/t17-/m0/s1. The van der Waals surface area contributed by atoms with Crippen LogP contribution in [0.15, 0.2) is 63.8 Å². The third-order valence-corrected chi connectivity index (χ3v) is 6.30. The van der Waals surface area contributed by atoms with Gasteiger partial charge >= 0.3 is 11.9 Å². The van der Waals surface area contributed by atoms with Crippen molar-refractivity contribution < 1.29 is 48.3 Å². The summed E-state index contributed by atoms with van der Waals surface area (Å²) in [6.45, 7) is -0.386. The number of ether oxygens (including phenoxy) is 4. The van der Waals surface area contributed by atoms with E-state index < -0.39 is 40.5 Å². The number of benzene rings is 3. The maximum Gasteiger partial charge on any atom is 0.343 e. The molecule has 0 saturated heterocycles. The highest BCUT2D eigenvalue weighted by Crippen LogP contribution is 2.50. The number of esters is 2. The summed E-state index contributed by atoms with van der Waals surface area (Å²) < 4.78 is 26.4. The number of rotatable bonds is 9. The van der Waals surface area contributed by atoms with Gasteiger partial charge in [-0.2, -0.15) is 0 Å². The summed E-state index contributed by atoms with van der Waals surface area (Å²) in [7, 11) is 3.77. The monoisotopic (exact) mass is 550 g/mol. The van der Waals surface area contributed by atoms with E-state index in [1.54, 1.807) is 30.3 Å². The van der Waals surface area contributed by atoms with E-state index in [0.29, 0.717) is 11.1 Å². The topological polar surface area (TPSA) is 162 Å². The summed E-state index contributed by atoms with van der Waals surface area (Å²) in [6.07, 6.45) is -0.367. The summed E-state index contributed by atoms with van der Waals surface area (Å²) in [5.41, 5.74) is -0.163. The van der Waals surface area contributed by atoms with E-state index in [9.17, 15) is 29.7 Å². The van der Waals surface area contributed by atoms with Crippen LogP contribution in [0.5, 0.6) is 28.7 Å². The van der Waals surface area contributed by atoms with Crippen LogP contribution in [0.4, 0.5) is 0 Å². The van der Waals surface area contributed by atoms with Gasteiger partial charge in [0.1, 0.15) is 16.7 Å². The Hall–Kier alpha value is -5.19. The molecule has 11 nitrogen and oxygen atoms in total. The van der Waals surface area contributed by atoms with E-state index in [0.717, 1.165) is 6.07 Å². The molecule has 1 heterocycles. The van der Waals surface area contributed by atoms with E-state index >= 15 is 0 Å². The molecule has 0 spiro atoms. The first-order valence-corrected chi connectivity index (χ1v) is 11.9. The molecule has 1 atom stereocenters. The van der Waals surface area contributed by atoms with Crippen molar-refractivity contribution in [2.24, 2.45) is 0 Å². The summed E-state index contributed by atoms with van der Waals surface area (Å²) in [6, 6.07) is 14.3. The van der Waals surface area contributed by atoms with Crippen LogP contribution in [-0.4, -0.2) is 55.2 Å². The van der Waals surface area contributed by atoms with Gasteiger partial charge in [-0.1, -0.05) is 36.4 Å². The molecular weight excluding hydrogens is 524 g/mol. The predicted molar refractivity (Wildman–Crippen MR) is 142 cm³/mol. The first-order valence-electron chi connectivity index (χ1n) is 11.9. The lowest BCUT2D eigenvalue weighted by atomic mass is 9.86. The van der Waals surface area contributed by atoms with E-state index in [1.165, 1.54) is 39.5 Å². The Morgan fingerprint density at radius 2 is 1.55 bits per heavy atom. The Kier molecular flexibility index (Phi) is 8.13. The molecule has 1 aromatic heterocycles. The van der Waals surface area contributed by atoms with Crippen LogP contribution in [0.25, 0.3) is 22.3 Å². The van der Waals surface area contributed by atoms with Gasteiger partial charge in [0, 0.05) is 23.1 Å². The number of methoxy groups -OCH3 is 3. The van der Waals surface area contributed by atoms with Crippen LogP contribution in [0.1, 0.15) is 23.5 Å². The SMILES string of the molecule is COC(=O)COc1ccc([C@H](CC(=O)OC)c2c(O)c(O)c(O)c3c(=O)cc(-c4ccccc4)oc23)cc1OC. The lowest BCUT2D eigenvalue weighted by molar-refractivity contribution is -0.143. The van der Waals surface area contributed by atoms with E-state index in [4.69, 9.17) is 18.6 Å². The van der Waals surface area contributed by atoms with Gasteiger partial charge in [-0.25, -0.2) is 4.79 Å². The van der Waals surface area contributed by atoms with Crippen LogP contribution < -0.4 is 14.9 Å². The third kappa shape index (κ3) is 5.35. The Labute approximate surface area is 227 Å². The second-order valence-corrected chi connectivity index (χ2v) is 8.61. The van der Waals surface area contributed by atoms with Crippen LogP contribution in [0.3, 0.4) is 0 Å². The molecule has 0 aliphatic heterocycles. The Morgan fingerprint density at radius 1 is 0.850 bits per heavy atom. The Bertz CT molecular complexity index is 1620. The molecule has 0 aliphatic rings. The molecule has 0 radical (unpaired) electrons. The average Bonchev–Trinajstić information content (AvgIpc) is 2.98. The zero-order chi connectivity index (χ0) is 29.0. The highest BCUT2D eigenvalue weighted by molar-refractivity contribution is 5.93. The van der Waals surface area contributed by atoms with Gasteiger partial charge in [0.15, 0.2) is 35.0 Å². The maximum absolute atomic E-state index is 13.2. The number of carbonyl (C=O) groups is 2. The molecule has 0 saturated carbocycles. The van der Waals surface area contributed by atoms with Gasteiger partial charge in [0.25, 0.3) is 0 Å². The molecule has 0 amide bonds. The highest BCUT2D eigenvalue weighted by atomic mass is 16.6. The van der Waals surface area contributed by atoms with Crippen molar-refractivity contribution in [3.05, 3.63) is 75.9 Å². The fraction of sp³-hybridized carbons (Fsp3) is 0.207. The van der Waals surface area contributed by atoms with Crippen molar-refractivity contribution in [3.8, 4) is 40.1 Å². The smallest absolute Gasteiger partial charge is 0.343 e. The van der Waals surface area contributed by atoms with E-state index in [1.807, 2.05) is 0 Å². The molecule has 40 heavy (non-hydrogen) atoms. The summed E-state index contributed by atoms with van der Waals surface area (Å²) in [5.74, 6) is -4.50. The molecule has 3 aromatic carbocycles. The summed E-state index contributed by atoms with van der Waals surface area (Å²) in [5, 5.41) is 31.9. The number of fused-ring (bicyclic) bond motifs is 1. The normalized spacial score (nSPS) is 11.6. The van der Waals surface area contributed by atoms with Crippen molar-refractivity contribution in [2.45, 2.75) is 12.3 Å². The predicted octanol–water partition coefficient (Wildman–Crippen LogP) is 3.83. The van der Waals surface area contributed by atoms with E-state index in [-0.39, 0.29) is 46.8 Å². The van der Waals surface area contributed by atoms with Crippen molar-refractivity contribution in [1.82, 2.24) is 0 Å². The lowest BCUT2D eigenvalue weighted by Crippen LogP contribution is -2.14. The Morgan fingerprint density at radius 3 is 2.20 bits per heavy atom. The first-order chi connectivity index (χ1) is 19.2. The highest BCUT2D eigenvalue weighted by Gasteiger charge is 2.32. The molecule has 0 fully saturated rings. The summed E-state index contributed by atoms with van der Waals surface area (Å²) >= 11 is 0. The lowest BCUT2D eigenvalue weighted by Gasteiger charge is -2.22. The zero-order valence-electron chi connectivity index (χ0n) is 21.8. The minimum absolute atomic E-state index is 0.129. The van der Waals surface area contributed by atoms with Crippen molar-refractivity contribution in [2.75, 3.05) is 27.9 Å². The fourth-order valence-electron chi connectivity index (χ4n) is 4.29. The summed E-state index contributed by atoms with van der Waals surface area (Å²) in [4.78, 5) is 37.2. The molecule has 0 aliphatic carbocycles. The quantitative estimate of drug-likeness (QED) is 0.205. The van der Waals surface area contributed by atoms with Gasteiger partial charge in [-0.15, -0.1) is 0 Å². The molecule has 0 unspecified atom stereocenters. The first kappa shape index (κ1) is 27.8. The van der Waals surface area contributed by atoms with Crippen molar-refractivity contribution >= 4 is 22.9 Å². The van der Waals surface area contributed by atoms with Crippen molar-refractivity contribution in [3.63, 3.8) is 0 Å². The number of phenols is 3. The molecule has 0 bridgehead atoms. The number of carbonyl (C=O) groups excluding carboxylic acids is 2. The largest absolute Gasteiger partial charge is 0.504 e. The van der Waals surface area contributed by atoms with Gasteiger partial charge in [0.05, 0.1) is 27.8 Å². The van der Waals surface area contributed by atoms with Crippen LogP contribution in [0, 0.1) is 0 Å². The molecule has 4 aromatic rings. The molecule has 208 valence electrons. The maximum atomic E-state index is 13.2. The van der Waals surface area contributed by atoms with Crippen LogP contribution in [0.2, 0.25) is 0 Å². The number of aromatic hydroxyl groups is 3. The zero-order valence-corrected chi connectivity index (χ0v) is 21.8. The van der Waals surface area contributed by atoms with Gasteiger partial charge in [-0.05, 0) is 17.7 Å². The van der Waals surface area contributed by atoms with Gasteiger partial charge in [-0.3, -0.25) is 9.59 Å².